The number of aryl methyl sites for hydroxylation is 4. The Morgan fingerprint density at radius 1 is 0.455 bits per heavy atom. The van der Waals surface area contributed by atoms with Gasteiger partial charge < -0.3 is 20.8 Å². The lowest BCUT2D eigenvalue weighted by molar-refractivity contribution is -0.140. The molecule has 1 aliphatic rings. The minimum absolute atomic E-state index is 0.314. The molecule has 6 aromatic carbocycles. The van der Waals surface area contributed by atoms with Crippen LogP contribution in [0.25, 0.3) is 0 Å². The second-order valence-electron chi connectivity index (χ2n) is 15.2. The standard InChI is InChI=1S/C49H48N2O4/c1-33-15-23-39(24-16-33)48(54,40-25-17-34(2)18-26-40)43(37-11-7-5-8-12-37)50-45(52)47(31-32-47)46(53)51-44(38-13-9-6-10-14-38)49(55,41-27-19-35(3)20-28-41)42-29-21-36(4)22-30-42/h5-30,43-44,54-55H,31-32H2,1-4H3,(H,50,52)(H,51,53)/t43-,44-/m1/s1. The first kappa shape index (κ1) is 37.5. The van der Waals surface area contributed by atoms with Crippen molar-refractivity contribution in [2.24, 2.45) is 5.41 Å². The van der Waals surface area contributed by atoms with Crippen LogP contribution in [0.5, 0.6) is 0 Å². The summed E-state index contributed by atoms with van der Waals surface area (Å²) in [5.41, 5.74) is 3.12. The van der Waals surface area contributed by atoms with E-state index < -0.39 is 40.5 Å². The predicted octanol–water partition coefficient (Wildman–Crippen LogP) is 8.59. The quantitative estimate of drug-likeness (QED) is 0.0950. The molecule has 0 spiro atoms. The summed E-state index contributed by atoms with van der Waals surface area (Å²) >= 11 is 0. The van der Waals surface area contributed by atoms with Gasteiger partial charge in [-0.15, -0.1) is 0 Å². The lowest BCUT2D eigenvalue weighted by Crippen LogP contribution is -2.52. The second kappa shape index (κ2) is 15.1. The zero-order valence-corrected chi connectivity index (χ0v) is 31.8. The molecule has 1 fully saturated rings. The van der Waals surface area contributed by atoms with Gasteiger partial charge in [-0.3, -0.25) is 9.59 Å². The van der Waals surface area contributed by atoms with Gasteiger partial charge in [0.25, 0.3) is 0 Å². The van der Waals surface area contributed by atoms with Gasteiger partial charge in [-0.25, -0.2) is 0 Å². The maximum absolute atomic E-state index is 14.8. The Bertz CT molecular complexity index is 1990. The Morgan fingerprint density at radius 2 is 0.709 bits per heavy atom. The second-order valence-corrected chi connectivity index (χ2v) is 15.2. The summed E-state index contributed by atoms with van der Waals surface area (Å²) in [5.74, 6) is -0.977. The van der Waals surface area contributed by atoms with Crippen molar-refractivity contribution in [3.63, 3.8) is 0 Å². The van der Waals surface area contributed by atoms with Crippen molar-refractivity contribution in [2.75, 3.05) is 0 Å². The fraction of sp³-hybridized carbons (Fsp3) is 0.224. The number of amides is 2. The first-order chi connectivity index (χ1) is 26.4. The molecule has 6 aromatic rings. The van der Waals surface area contributed by atoms with E-state index in [0.29, 0.717) is 46.2 Å². The lowest BCUT2D eigenvalue weighted by atomic mass is 9.76. The van der Waals surface area contributed by atoms with Crippen molar-refractivity contribution in [3.05, 3.63) is 213 Å². The Kier molecular flexibility index (Phi) is 10.3. The van der Waals surface area contributed by atoms with E-state index in [4.69, 9.17) is 0 Å². The third kappa shape index (κ3) is 7.23. The summed E-state index contributed by atoms with van der Waals surface area (Å²) in [6.45, 7) is 7.95. The van der Waals surface area contributed by atoms with Crippen LogP contribution in [0.15, 0.2) is 158 Å². The summed E-state index contributed by atoms with van der Waals surface area (Å²) in [6.07, 6.45) is 0.628. The molecule has 0 radical (unpaired) electrons. The van der Waals surface area contributed by atoms with E-state index in [2.05, 4.69) is 10.6 Å². The molecule has 0 aromatic heterocycles. The number of carbonyl (C=O) groups is 2. The molecule has 0 saturated heterocycles. The van der Waals surface area contributed by atoms with Gasteiger partial charge in [0, 0.05) is 0 Å². The maximum atomic E-state index is 14.8. The Morgan fingerprint density at radius 3 is 0.945 bits per heavy atom. The summed E-state index contributed by atoms with van der Waals surface area (Å²) < 4.78 is 0. The van der Waals surface area contributed by atoms with Gasteiger partial charge in [-0.2, -0.15) is 0 Å². The highest BCUT2D eigenvalue weighted by atomic mass is 16.3. The van der Waals surface area contributed by atoms with E-state index in [-0.39, 0.29) is 0 Å². The summed E-state index contributed by atoms with van der Waals surface area (Å²) in [5, 5.41) is 32.5. The molecular formula is C49H48N2O4. The van der Waals surface area contributed by atoms with Gasteiger partial charge in [0.15, 0.2) is 0 Å². The molecule has 6 nitrogen and oxygen atoms in total. The van der Waals surface area contributed by atoms with Crippen LogP contribution in [0, 0.1) is 33.1 Å². The molecule has 7 rings (SSSR count). The van der Waals surface area contributed by atoms with Crippen molar-refractivity contribution >= 4 is 11.8 Å². The number of hydrogen-bond acceptors (Lipinski definition) is 4. The number of nitrogens with one attached hydrogen (secondary N) is 2. The molecular weight excluding hydrogens is 681 g/mol. The van der Waals surface area contributed by atoms with Crippen molar-refractivity contribution in [1.29, 1.82) is 0 Å². The molecule has 1 aliphatic carbocycles. The molecule has 4 N–H and O–H groups in total. The predicted molar refractivity (Wildman–Crippen MR) is 217 cm³/mol. The minimum Gasteiger partial charge on any atom is -0.378 e. The van der Waals surface area contributed by atoms with Gasteiger partial charge in [-0.05, 0) is 73.9 Å². The first-order valence-electron chi connectivity index (χ1n) is 18.9. The van der Waals surface area contributed by atoms with E-state index in [1.165, 1.54) is 0 Å². The lowest BCUT2D eigenvalue weighted by Gasteiger charge is -2.40. The average Bonchev–Trinajstić information content (AvgIpc) is 4.03. The fourth-order valence-corrected chi connectivity index (χ4v) is 7.60. The maximum Gasteiger partial charge on any atom is 0.236 e. The SMILES string of the molecule is Cc1ccc(C(O)(c2ccc(C)cc2)[C@H](NC(=O)C2(C(=O)N[C@H](c3ccccc3)C(O)(c3ccc(C)cc3)c3ccc(C)cc3)CC2)c2ccccc2)cc1. The van der Waals surface area contributed by atoms with Crippen molar-refractivity contribution in [2.45, 2.75) is 63.8 Å². The van der Waals surface area contributed by atoms with Crippen LogP contribution in [0.2, 0.25) is 0 Å². The molecule has 2 atom stereocenters. The topological polar surface area (TPSA) is 98.7 Å². The average molecular weight is 729 g/mol. The Hall–Kier alpha value is -5.82. The third-order valence-electron chi connectivity index (χ3n) is 11.2. The molecule has 278 valence electrons. The number of aliphatic hydroxyl groups is 2. The van der Waals surface area contributed by atoms with Crippen LogP contribution in [0.4, 0.5) is 0 Å². The fourth-order valence-electron chi connectivity index (χ4n) is 7.60. The molecule has 1 saturated carbocycles. The van der Waals surface area contributed by atoms with E-state index >= 15 is 0 Å². The molecule has 0 unspecified atom stereocenters. The minimum atomic E-state index is -1.70. The van der Waals surface area contributed by atoms with Crippen LogP contribution in [-0.2, 0) is 20.8 Å². The molecule has 0 heterocycles. The largest absolute Gasteiger partial charge is 0.378 e. The normalized spacial score (nSPS) is 14.7. The molecule has 0 bridgehead atoms. The van der Waals surface area contributed by atoms with E-state index in [9.17, 15) is 19.8 Å². The van der Waals surface area contributed by atoms with E-state index in [1.807, 2.05) is 185 Å². The number of hydrogen-bond donors (Lipinski definition) is 4. The highest BCUT2D eigenvalue weighted by Gasteiger charge is 2.59. The molecule has 6 heteroatoms. The monoisotopic (exact) mass is 728 g/mol. The smallest absolute Gasteiger partial charge is 0.236 e. The van der Waals surface area contributed by atoms with Crippen molar-refractivity contribution in [3.8, 4) is 0 Å². The molecule has 0 aliphatic heterocycles. The van der Waals surface area contributed by atoms with Gasteiger partial charge in [0.1, 0.15) is 16.6 Å². The van der Waals surface area contributed by atoms with Crippen molar-refractivity contribution < 1.29 is 19.8 Å². The van der Waals surface area contributed by atoms with Crippen LogP contribution in [0.3, 0.4) is 0 Å². The van der Waals surface area contributed by atoms with Crippen LogP contribution in [0.1, 0.15) is 80.6 Å². The molecule has 55 heavy (non-hydrogen) atoms. The van der Waals surface area contributed by atoms with E-state index in [0.717, 1.165) is 22.3 Å². The first-order valence-corrected chi connectivity index (χ1v) is 18.9. The van der Waals surface area contributed by atoms with Gasteiger partial charge in [0.05, 0.1) is 12.1 Å². The van der Waals surface area contributed by atoms with Crippen LogP contribution >= 0.6 is 0 Å². The number of carbonyl (C=O) groups excluding carboxylic acids is 2. The molecule has 2 amide bonds. The van der Waals surface area contributed by atoms with Crippen molar-refractivity contribution in [1.82, 2.24) is 10.6 Å². The third-order valence-corrected chi connectivity index (χ3v) is 11.2. The Balaban J connectivity index is 1.29. The van der Waals surface area contributed by atoms with Gasteiger partial charge in [0.2, 0.25) is 11.8 Å². The van der Waals surface area contributed by atoms with Crippen LogP contribution < -0.4 is 10.6 Å². The number of rotatable bonds is 12. The van der Waals surface area contributed by atoms with E-state index in [1.54, 1.807) is 0 Å². The highest BCUT2D eigenvalue weighted by Crippen LogP contribution is 2.50. The number of benzene rings is 6. The summed E-state index contributed by atoms with van der Waals surface area (Å²) in [4.78, 5) is 29.6. The Labute approximate surface area is 323 Å². The van der Waals surface area contributed by atoms with Gasteiger partial charge in [-0.1, -0.05) is 180 Å². The highest BCUT2D eigenvalue weighted by molar-refractivity contribution is 6.08. The van der Waals surface area contributed by atoms with Crippen LogP contribution in [-0.4, -0.2) is 22.0 Å². The zero-order valence-electron chi connectivity index (χ0n) is 31.8. The van der Waals surface area contributed by atoms with Gasteiger partial charge >= 0.3 is 0 Å². The summed E-state index contributed by atoms with van der Waals surface area (Å²) in [6, 6.07) is 47.6. The zero-order chi connectivity index (χ0) is 38.8. The summed E-state index contributed by atoms with van der Waals surface area (Å²) in [7, 11) is 0.